The van der Waals surface area contributed by atoms with Gasteiger partial charge in [0, 0.05) is 27.5 Å². The van der Waals surface area contributed by atoms with E-state index in [1.807, 2.05) is 6.07 Å². The Labute approximate surface area is 153 Å². The summed E-state index contributed by atoms with van der Waals surface area (Å²) >= 11 is 0. The molecule has 10 heteroatoms. The minimum atomic E-state index is -5.17. The number of carboxylic acid groups (broad SMARTS) is 1. The van der Waals surface area contributed by atoms with E-state index in [1.165, 1.54) is 0 Å². The molecule has 0 amide bonds. The molecule has 7 nitrogen and oxygen atoms in total. The second-order valence-corrected chi connectivity index (χ2v) is 3.77. The number of carbonyl (C=O) groups is 1. The van der Waals surface area contributed by atoms with E-state index in [-0.39, 0.29) is 59.1 Å². The third-order valence-corrected chi connectivity index (χ3v) is 1.83. The molecular formula is C9H7NNa2O6S. The molecule has 0 fully saturated rings. The zero-order valence-electron chi connectivity index (χ0n) is 10.3. The largest absolute Gasteiger partial charge is 1.00 e. The van der Waals surface area contributed by atoms with Crippen molar-refractivity contribution >= 4 is 27.3 Å². The average molecular weight is 303 g/mol. The van der Waals surface area contributed by atoms with Gasteiger partial charge < -0.3 is 19.2 Å². The fourth-order valence-electron chi connectivity index (χ4n) is 1.27. The first kappa shape index (κ1) is 21.4. The summed E-state index contributed by atoms with van der Waals surface area (Å²) < 4.78 is 34.1. The van der Waals surface area contributed by atoms with E-state index in [4.69, 9.17) is 22.6 Å². The number of fused-ring (bicyclic) bond motifs is 1. The fourth-order valence-corrected chi connectivity index (χ4v) is 1.27. The second kappa shape index (κ2) is 9.11. The van der Waals surface area contributed by atoms with Crippen LogP contribution in [0.4, 0.5) is 0 Å². The number of carboxylic acids is 1. The van der Waals surface area contributed by atoms with Crippen molar-refractivity contribution in [1.82, 2.24) is 4.98 Å². The monoisotopic (exact) mass is 303 g/mol. The quantitative estimate of drug-likeness (QED) is 0.307. The Morgan fingerprint density at radius 3 is 2.16 bits per heavy atom. The maximum Gasteiger partial charge on any atom is 1.00 e. The van der Waals surface area contributed by atoms with Gasteiger partial charge in [-0.3, -0.25) is 8.42 Å². The maximum atomic E-state index is 10.7. The number of hydrogen-bond donors (Lipinski definition) is 2. The van der Waals surface area contributed by atoms with Gasteiger partial charge in [-0.2, -0.15) is 0 Å². The van der Waals surface area contributed by atoms with Gasteiger partial charge in [0.2, 0.25) is 0 Å². The first-order chi connectivity index (χ1) is 7.79. The van der Waals surface area contributed by atoms with Crippen molar-refractivity contribution < 1.29 is 86.5 Å². The van der Waals surface area contributed by atoms with E-state index in [1.54, 1.807) is 24.4 Å². The average Bonchev–Trinajstić information content (AvgIpc) is 2.61. The minimum Gasteiger partial charge on any atom is -0.759 e. The summed E-state index contributed by atoms with van der Waals surface area (Å²) in [5, 5.41) is 9.54. The number of aromatic carboxylic acids is 1. The summed E-state index contributed by atoms with van der Waals surface area (Å²) in [5.41, 5.74) is 1.20. The second-order valence-electron chi connectivity index (χ2n) is 2.96. The third kappa shape index (κ3) is 8.08. The summed E-state index contributed by atoms with van der Waals surface area (Å²) in [6.07, 6.45) is 1.73. The van der Waals surface area contributed by atoms with Crippen LogP contribution in [-0.2, 0) is 10.4 Å². The van der Waals surface area contributed by atoms with Crippen LogP contribution in [0.25, 0.3) is 10.9 Å². The molecule has 1 aromatic carbocycles. The van der Waals surface area contributed by atoms with Gasteiger partial charge in [-0.05, 0) is 18.2 Å². The first-order valence-electron chi connectivity index (χ1n) is 4.25. The van der Waals surface area contributed by atoms with Gasteiger partial charge in [0.25, 0.3) is 0 Å². The molecule has 92 valence electrons. The molecule has 0 saturated heterocycles. The van der Waals surface area contributed by atoms with Crippen LogP contribution < -0.4 is 59.1 Å². The third-order valence-electron chi connectivity index (χ3n) is 1.83. The molecule has 2 N–H and O–H groups in total. The smallest absolute Gasteiger partial charge is 0.759 e. The van der Waals surface area contributed by atoms with Gasteiger partial charge in [-0.25, -0.2) is 4.79 Å². The first-order valence-corrected chi connectivity index (χ1v) is 5.58. The van der Waals surface area contributed by atoms with Crippen molar-refractivity contribution in [2.24, 2.45) is 0 Å². The number of aromatic nitrogens is 1. The summed E-state index contributed by atoms with van der Waals surface area (Å²) in [7, 11) is -5.17. The molecule has 0 aliphatic rings. The fraction of sp³-hybridized carbons (Fsp3) is 0. The van der Waals surface area contributed by atoms with Gasteiger partial charge in [0.15, 0.2) is 0 Å². The summed E-state index contributed by atoms with van der Waals surface area (Å²) in [6.45, 7) is 0. The van der Waals surface area contributed by atoms with Crippen molar-refractivity contribution in [1.29, 1.82) is 0 Å². The number of nitrogens with one attached hydrogen (secondary N) is 1. The summed E-state index contributed by atoms with van der Waals surface area (Å²) in [5.74, 6) is -0.889. The molecule has 1 heterocycles. The Morgan fingerprint density at radius 1 is 1.16 bits per heavy atom. The van der Waals surface area contributed by atoms with Gasteiger partial charge in [-0.1, -0.05) is 6.07 Å². The molecule has 2 aromatic rings. The molecule has 0 spiro atoms. The molecule has 0 aliphatic carbocycles. The SMILES string of the molecule is O=C(O)c1cccc2[nH]ccc12.O=S(=O)([O-])[O-].[Na+].[Na+]. The maximum absolute atomic E-state index is 10.7. The molecule has 0 radical (unpaired) electrons. The van der Waals surface area contributed by atoms with Crippen LogP contribution >= 0.6 is 0 Å². The predicted molar refractivity (Wildman–Crippen MR) is 55.7 cm³/mol. The van der Waals surface area contributed by atoms with E-state index in [0.29, 0.717) is 5.56 Å². The minimum absolute atomic E-state index is 0. The topological polar surface area (TPSA) is 133 Å². The van der Waals surface area contributed by atoms with E-state index < -0.39 is 16.4 Å². The van der Waals surface area contributed by atoms with Crippen LogP contribution in [0.15, 0.2) is 30.5 Å². The molecule has 0 atom stereocenters. The van der Waals surface area contributed by atoms with Crippen LogP contribution in [0.3, 0.4) is 0 Å². The Bertz CT molecular complexity index is 631. The Morgan fingerprint density at radius 2 is 1.68 bits per heavy atom. The van der Waals surface area contributed by atoms with Crippen LogP contribution in [0.5, 0.6) is 0 Å². The van der Waals surface area contributed by atoms with Crippen LogP contribution in [-0.4, -0.2) is 33.6 Å². The molecule has 0 aliphatic heterocycles. The zero-order valence-corrected chi connectivity index (χ0v) is 15.1. The standard InChI is InChI=1S/C9H7NO2.2Na.H2O4S/c11-9(12)7-2-1-3-8-6(7)4-5-10-8;;;1-5(2,3)4/h1-5,10H,(H,11,12);;;(H2,1,2,3,4)/q;2*+1;/p-2. The Hall–Kier alpha value is 0.1000. The van der Waals surface area contributed by atoms with E-state index in [0.717, 1.165) is 10.9 Å². The Balaban J connectivity index is 0. The zero-order chi connectivity index (χ0) is 13.1. The molecule has 0 unspecified atom stereocenters. The number of benzene rings is 1. The number of H-pyrrole nitrogens is 1. The van der Waals surface area contributed by atoms with Crippen molar-refractivity contribution in [3.63, 3.8) is 0 Å². The van der Waals surface area contributed by atoms with Gasteiger partial charge in [0.05, 0.1) is 5.56 Å². The molecule has 0 saturated carbocycles. The van der Waals surface area contributed by atoms with Crippen LogP contribution in [0, 0.1) is 0 Å². The number of hydrogen-bond acceptors (Lipinski definition) is 5. The summed E-state index contributed by atoms with van der Waals surface area (Å²) in [6, 6.07) is 6.93. The number of rotatable bonds is 1. The summed E-state index contributed by atoms with van der Waals surface area (Å²) in [4.78, 5) is 13.7. The van der Waals surface area contributed by atoms with Crippen LogP contribution in [0.1, 0.15) is 10.4 Å². The van der Waals surface area contributed by atoms with Crippen LogP contribution in [0.2, 0.25) is 0 Å². The van der Waals surface area contributed by atoms with Gasteiger partial charge in [0.1, 0.15) is 0 Å². The van der Waals surface area contributed by atoms with Crippen molar-refractivity contribution in [3.05, 3.63) is 36.0 Å². The predicted octanol–water partition coefficient (Wildman–Crippen LogP) is -5.46. The number of aromatic amines is 1. The molecule has 19 heavy (non-hydrogen) atoms. The molecular weight excluding hydrogens is 296 g/mol. The van der Waals surface area contributed by atoms with E-state index in [9.17, 15) is 4.79 Å². The van der Waals surface area contributed by atoms with Gasteiger partial charge in [-0.15, -0.1) is 0 Å². The van der Waals surface area contributed by atoms with Crippen molar-refractivity contribution in [2.45, 2.75) is 0 Å². The molecule has 2 rings (SSSR count). The van der Waals surface area contributed by atoms with Crippen molar-refractivity contribution in [2.75, 3.05) is 0 Å². The van der Waals surface area contributed by atoms with Crippen molar-refractivity contribution in [3.8, 4) is 0 Å². The van der Waals surface area contributed by atoms with E-state index >= 15 is 0 Å². The molecule has 1 aromatic heterocycles. The molecule has 0 bridgehead atoms. The normalized spacial score (nSPS) is 9.58. The Kier molecular flexibility index (Phi) is 10.3. The van der Waals surface area contributed by atoms with E-state index in [2.05, 4.69) is 4.98 Å². The van der Waals surface area contributed by atoms with Gasteiger partial charge >= 0.3 is 65.1 Å².